The van der Waals surface area contributed by atoms with Crippen molar-refractivity contribution in [2.45, 2.75) is 241 Å². The molecule has 2 aliphatic heterocycles. The first-order valence-corrected chi connectivity index (χ1v) is 33.8. The second-order valence-corrected chi connectivity index (χ2v) is 35.4. The fraction of sp³-hybridized carbons (Fsp3) is 0.435. The van der Waals surface area contributed by atoms with E-state index in [4.69, 9.17) is 0 Å². The van der Waals surface area contributed by atoms with Gasteiger partial charge in [-0.05, 0) is 238 Å². The van der Waals surface area contributed by atoms with Crippen LogP contribution in [0.1, 0.15) is 245 Å². The number of fused-ring (bicyclic) bond motifs is 9. The van der Waals surface area contributed by atoms with Gasteiger partial charge in [0.2, 0.25) is 0 Å². The lowest BCUT2D eigenvalue weighted by Crippen LogP contribution is -2.62. The SMILES string of the molecule is Cc1cc(C(C)(C)C)ccc1N(c1ccc2c(c1)N(c1cccc3c1C(C)(C)c1cc(C(C)(C)C)ccc1-3)c1cc(C(C)(C)C)cc3c1B2c1cc2c(cc1N3c1ccc3c(c1)C(C)(C)CCC3(C)C)C(C)(C)CCC2(C)C)c1ccc(C(C)(C)C)cc1C. The Morgan fingerprint density at radius 3 is 1.39 bits per heavy atom. The highest BCUT2D eigenvalue weighted by Gasteiger charge is 2.50. The summed E-state index contributed by atoms with van der Waals surface area (Å²) in [4.78, 5) is 8.12. The van der Waals surface area contributed by atoms with Crippen molar-refractivity contribution in [2.24, 2.45) is 0 Å². The summed E-state index contributed by atoms with van der Waals surface area (Å²) in [5.74, 6) is 0. The van der Waals surface area contributed by atoms with Crippen LogP contribution in [0.4, 0.5) is 51.2 Å². The molecule has 5 aliphatic rings. The van der Waals surface area contributed by atoms with Crippen molar-refractivity contribution in [3.05, 3.63) is 200 Å². The molecule has 13 rings (SSSR count). The van der Waals surface area contributed by atoms with Crippen LogP contribution in [0.15, 0.2) is 133 Å². The molecule has 0 atom stereocenters. The van der Waals surface area contributed by atoms with Crippen LogP contribution >= 0.6 is 0 Å². The van der Waals surface area contributed by atoms with Crippen molar-refractivity contribution in [1.82, 2.24) is 0 Å². The zero-order valence-electron chi connectivity index (χ0n) is 58.9. The largest absolute Gasteiger partial charge is 0.311 e. The van der Waals surface area contributed by atoms with E-state index in [-0.39, 0.29) is 55.4 Å². The normalized spacial score (nSPS) is 18.1. The Kier molecular flexibility index (Phi) is 13.5. The average Bonchev–Trinajstić information content (AvgIpc) is 1.35. The second-order valence-electron chi connectivity index (χ2n) is 35.4. The monoisotopic (exact) mass is 1180 g/mol. The van der Waals surface area contributed by atoms with Crippen molar-refractivity contribution >= 4 is 74.3 Å². The molecule has 3 nitrogen and oxygen atoms in total. The van der Waals surface area contributed by atoms with Crippen molar-refractivity contribution in [2.75, 3.05) is 14.7 Å². The van der Waals surface area contributed by atoms with Crippen molar-refractivity contribution in [1.29, 1.82) is 0 Å². The van der Waals surface area contributed by atoms with Gasteiger partial charge in [-0.1, -0.05) is 225 Å². The summed E-state index contributed by atoms with van der Waals surface area (Å²) in [5, 5.41) is 0. The molecule has 0 fully saturated rings. The Balaban J connectivity index is 1.17. The highest BCUT2D eigenvalue weighted by Crippen LogP contribution is 2.58. The maximum absolute atomic E-state index is 2.77. The van der Waals surface area contributed by atoms with Gasteiger partial charge in [0, 0.05) is 50.9 Å². The van der Waals surface area contributed by atoms with E-state index in [1.165, 1.54) is 146 Å². The highest BCUT2D eigenvalue weighted by molar-refractivity contribution is 7.00. The van der Waals surface area contributed by atoms with E-state index in [9.17, 15) is 0 Å². The standard InChI is InChI=1S/C85H102BN3/c1-51-42-53(77(3,4)5)29-36-68(51)87(69-37-30-54(43-52(69)2)78(6,7)8)58-32-35-66-71(48-58)89(70-27-25-26-60-59-33-28-55(79(9,10)11)44-62(59)85(23,24)75(60)70)74-46-56(80(12,13)14)45-73-76(74)86(66)67-49-64-65(84(21,22)41-40-83(64,19)20)50-72(67)88(73)57-31-34-61-63(47-57)82(17,18)39-38-81(61,15)16/h25-37,42-50H,38-41H2,1-24H3. The van der Waals surface area contributed by atoms with Crippen molar-refractivity contribution in [3.8, 4) is 11.1 Å². The van der Waals surface area contributed by atoms with Crippen molar-refractivity contribution in [3.63, 3.8) is 0 Å². The maximum atomic E-state index is 2.77. The third kappa shape index (κ3) is 9.62. The first-order valence-electron chi connectivity index (χ1n) is 33.8. The minimum Gasteiger partial charge on any atom is -0.311 e. The van der Waals surface area contributed by atoms with Crippen LogP contribution in [0, 0.1) is 13.8 Å². The third-order valence-electron chi connectivity index (χ3n) is 22.6. The summed E-state index contributed by atoms with van der Waals surface area (Å²) >= 11 is 0. The van der Waals surface area contributed by atoms with Gasteiger partial charge < -0.3 is 14.7 Å². The van der Waals surface area contributed by atoms with Gasteiger partial charge in [-0.25, -0.2) is 0 Å². The number of benzene rings is 8. The van der Waals surface area contributed by atoms with E-state index in [0.29, 0.717) is 0 Å². The lowest BCUT2D eigenvalue weighted by molar-refractivity contribution is 0.332. The number of aryl methyl sites for hydroxylation is 2. The number of anilines is 9. The van der Waals surface area contributed by atoms with Gasteiger partial charge >= 0.3 is 0 Å². The van der Waals surface area contributed by atoms with Gasteiger partial charge in [-0.2, -0.15) is 0 Å². The third-order valence-corrected chi connectivity index (χ3v) is 22.6. The Morgan fingerprint density at radius 2 is 0.854 bits per heavy atom. The molecule has 0 aromatic heterocycles. The molecule has 3 aliphatic carbocycles. The Bertz CT molecular complexity index is 4200. The first kappa shape index (κ1) is 61.1. The fourth-order valence-corrected chi connectivity index (χ4v) is 16.5. The second kappa shape index (κ2) is 19.6. The molecule has 0 bridgehead atoms. The van der Waals surface area contributed by atoms with Gasteiger partial charge in [0.05, 0.1) is 5.69 Å². The molecule has 4 heteroatoms. The number of nitrogens with zero attached hydrogens (tertiary/aromatic N) is 3. The molecule has 0 saturated carbocycles. The van der Waals surface area contributed by atoms with E-state index < -0.39 is 0 Å². The van der Waals surface area contributed by atoms with Gasteiger partial charge in [0.1, 0.15) is 0 Å². The topological polar surface area (TPSA) is 9.72 Å². The zero-order valence-corrected chi connectivity index (χ0v) is 58.9. The molecule has 0 saturated heterocycles. The van der Waals surface area contributed by atoms with Crippen LogP contribution in [0.25, 0.3) is 11.1 Å². The number of hydrogen-bond acceptors (Lipinski definition) is 3. The lowest BCUT2D eigenvalue weighted by atomic mass is 9.33. The Labute approximate surface area is 537 Å². The zero-order chi connectivity index (χ0) is 64.2. The molecule has 460 valence electrons. The summed E-state index contributed by atoms with van der Waals surface area (Å²) in [5.41, 5.74) is 34.3. The Morgan fingerprint density at radius 1 is 0.371 bits per heavy atom. The molecule has 0 amide bonds. The summed E-state index contributed by atoms with van der Waals surface area (Å²) in [6.45, 7) is 57.9. The number of rotatable bonds is 5. The van der Waals surface area contributed by atoms with E-state index >= 15 is 0 Å². The van der Waals surface area contributed by atoms with Gasteiger partial charge in [-0.3, -0.25) is 0 Å². The van der Waals surface area contributed by atoms with Crippen LogP contribution in [0.2, 0.25) is 0 Å². The quantitative estimate of drug-likeness (QED) is 0.159. The maximum Gasteiger partial charge on any atom is 0.252 e. The predicted molar refractivity (Wildman–Crippen MR) is 388 cm³/mol. The number of hydrogen-bond donors (Lipinski definition) is 0. The van der Waals surface area contributed by atoms with Gasteiger partial charge in [0.15, 0.2) is 0 Å². The van der Waals surface area contributed by atoms with Gasteiger partial charge in [-0.15, -0.1) is 0 Å². The van der Waals surface area contributed by atoms with Crippen LogP contribution in [-0.2, 0) is 48.7 Å². The molecule has 0 unspecified atom stereocenters. The Hall–Kier alpha value is -6.78. The smallest absolute Gasteiger partial charge is 0.252 e. The van der Waals surface area contributed by atoms with E-state index in [1.807, 2.05) is 0 Å². The average molecular weight is 1180 g/mol. The predicted octanol–water partition coefficient (Wildman–Crippen LogP) is 22.1. The van der Waals surface area contributed by atoms with Crippen LogP contribution in [-0.4, -0.2) is 6.71 Å². The fourth-order valence-electron chi connectivity index (χ4n) is 16.5. The van der Waals surface area contributed by atoms with E-state index in [1.54, 1.807) is 0 Å². The molecule has 0 N–H and O–H groups in total. The van der Waals surface area contributed by atoms with E-state index in [2.05, 4.69) is 314 Å². The van der Waals surface area contributed by atoms with Crippen LogP contribution in [0.5, 0.6) is 0 Å². The molecule has 0 radical (unpaired) electrons. The summed E-state index contributed by atoms with van der Waals surface area (Å²) < 4.78 is 0. The van der Waals surface area contributed by atoms with E-state index in [0.717, 1.165) is 24.9 Å². The van der Waals surface area contributed by atoms with Gasteiger partial charge in [0.25, 0.3) is 6.71 Å². The molecular weight excluding hydrogens is 1070 g/mol. The summed E-state index contributed by atoms with van der Waals surface area (Å²) in [6.07, 6.45) is 4.65. The molecule has 8 aromatic rings. The summed E-state index contributed by atoms with van der Waals surface area (Å²) in [7, 11) is 0. The lowest BCUT2D eigenvalue weighted by Gasteiger charge is -2.48. The van der Waals surface area contributed by atoms with Crippen LogP contribution < -0.4 is 31.1 Å². The molecule has 0 spiro atoms. The minimum absolute atomic E-state index is 0.00192. The van der Waals surface area contributed by atoms with Crippen molar-refractivity contribution < 1.29 is 0 Å². The molecular formula is C85H102BN3. The molecule has 89 heavy (non-hydrogen) atoms. The van der Waals surface area contributed by atoms with Crippen LogP contribution in [0.3, 0.4) is 0 Å². The highest BCUT2D eigenvalue weighted by atomic mass is 15.2. The first-order chi connectivity index (χ1) is 41.2. The molecule has 2 heterocycles. The minimum atomic E-state index is -0.317. The summed E-state index contributed by atoms with van der Waals surface area (Å²) in [6, 6.07) is 55.0. The molecule has 8 aromatic carbocycles.